The molecule has 0 unspecified atom stereocenters. The van der Waals surface area contributed by atoms with Gasteiger partial charge in [-0.1, -0.05) is 54.6 Å². The molecule has 4 heteroatoms. The Morgan fingerprint density at radius 3 is 1.58 bits per heavy atom. The maximum absolute atomic E-state index is 6.29. The van der Waals surface area contributed by atoms with Crippen LogP contribution in [-0.2, 0) is 4.43 Å². The zero-order valence-electron chi connectivity index (χ0n) is 15.3. The zero-order chi connectivity index (χ0) is 15.7. The van der Waals surface area contributed by atoms with Crippen molar-refractivity contribution in [2.45, 2.75) is 77.8 Å². The lowest BCUT2D eigenvalue weighted by atomic mass is 10.2. The molecule has 0 fully saturated rings. The molecule has 0 radical (unpaired) electrons. The van der Waals surface area contributed by atoms with E-state index < -0.39 is 16.6 Å². The molecule has 0 aliphatic heterocycles. The zero-order valence-corrected chi connectivity index (χ0v) is 17.3. The quantitative estimate of drug-likeness (QED) is 0.667. The first kappa shape index (κ1) is 19.4. The minimum Gasteiger partial charge on any atom is -0.416 e. The van der Waals surface area contributed by atoms with E-state index in [2.05, 4.69) is 79.3 Å². The van der Waals surface area contributed by atoms with Gasteiger partial charge in [-0.05, 0) is 30.2 Å². The van der Waals surface area contributed by atoms with Crippen molar-refractivity contribution in [3.05, 3.63) is 0 Å². The molecule has 0 atom stereocenters. The summed E-state index contributed by atoms with van der Waals surface area (Å²) < 4.78 is 8.86. The molecular formula is C15H37NOSi2. The van der Waals surface area contributed by atoms with Crippen LogP contribution in [0.1, 0.15) is 41.5 Å². The van der Waals surface area contributed by atoms with Gasteiger partial charge in [-0.3, -0.25) is 0 Å². The molecule has 2 nitrogen and oxygen atoms in total. The third-order valence-electron chi connectivity index (χ3n) is 5.49. The van der Waals surface area contributed by atoms with E-state index in [1.807, 2.05) is 0 Å². The van der Waals surface area contributed by atoms with Crippen molar-refractivity contribution in [2.75, 3.05) is 20.2 Å². The van der Waals surface area contributed by atoms with Gasteiger partial charge in [0.25, 0.3) is 0 Å². The van der Waals surface area contributed by atoms with Crippen molar-refractivity contribution in [3.8, 4) is 0 Å². The number of hydrogen-bond donors (Lipinski definition) is 0. The number of hydrogen-bond acceptors (Lipinski definition) is 2. The molecule has 0 aromatic carbocycles. The van der Waals surface area contributed by atoms with Gasteiger partial charge in [0.05, 0.1) is 0 Å². The van der Waals surface area contributed by atoms with Crippen LogP contribution in [0.25, 0.3) is 0 Å². The Bertz CT molecular complexity index is 288. The highest BCUT2D eigenvalue weighted by Gasteiger charge is 2.40. The molecule has 0 spiro atoms. The fourth-order valence-electron chi connectivity index (χ4n) is 1.51. The monoisotopic (exact) mass is 303 g/mol. The summed E-state index contributed by atoms with van der Waals surface area (Å²) in [5.41, 5.74) is 0. The summed E-state index contributed by atoms with van der Waals surface area (Å²) in [7, 11) is -0.699. The van der Waals surface area contributed by atoms with E-state index in [1.54, 1.807) is 0 Å². The first-order chi connectivity index (χ1) is 8.13. The summed E-state index contributed by atoms with van der Waals surface area (Å²) in [5, 5.41) is 0.710. The molecule has 19 heavy (non-hydrogen) atoms. The van der Waals surface area contributed by atoms with Crippen molar-refractivity contribution in [2.24, 2.45) is 0 Å². The fourth-order valence-corrected chi connectivity index (χ4v) is 4.34. The lowest BCUT2D eigenvalue weighted by Crippen LogP contribution is -2.54. The minimum atomic E-state index is -1.59. The second-order valence-corrected chi connectivity index (χ2v) is 19.0. The Morgan fingerprint density at radius 2 is 1.26 bits per heavy atom. The van der Waals surface area contributed by atoms with E-state index >= 15 is 0 Å². The summed E-state index contributed by atoms with van der Waals surface area (Å²) in [6, 6.07) is 0. The maximum Gasteiger partial charge on any atom is 0.192 e. The lowest BCUT2D eigenvalue weighted by molar-refractivity contribution is 0.259. The first-order valence-corrected chi connectivity index (χ1v) is 13.3. The molecule has 0 aliphatic rings. The van der Waals surface area contributed by atoms with Crippen LogP contribution in [0, 0.1) is 0 Å². The molecular weight excluding hydrogens is 266 g/mol. The highest BCUT2D eigenvalue weighted by Crippen LogP contribution is 2.38. The van der Waals surface area contributed by atoms with E-state index in [1.165, 1.54) is 0 Å². The predicted molar refractivity (Wildman–Crippen MR) is 93.0 cm³/mol. The second kappa shape index (κ2) is 6.00. The van der Waals surface area contributed by atoms with Gasteiger partial charge in [-0.15, -0.1) is 0 Å². The van der Waals surface area contributed by atoms with E-state index in [-0.39, 0.29) is 0 Å². The smallest absolute Gasteiger partial charge is 0.192 e. The van der Waals surface area contributed by atoms with Crippen molar-refractivity contribution in [3.63, 3.8) is 0 Å². The molecule has 0 saturated heterocycles. The molecule has 0 aromatic rings. The second-order valence-electron chi connectivity index (χ2n) is 8.84. The van der Waals surface area contributed by atoms with Gasteiger partial charge in [-0.25, -0.2) is 0 Å². The lowest BCUT2D eigenvalue weighted by Gasteiger charge is -2.44. The van der Waals surface area contributed by atoms with Gasteiger partial charge in [0.1, 0.15) is 8.24 Å². The average molecular weight is 304 g/mol. The number of nitrogens with zero attached hydrogens (tertiary/aromatic N) is 1. The van der Waals surface area contributed by atoms with E-state index in [0.717, 1.165) is 13.2 Å². The number of rotatable bonds is 5. The maximum atomic E-state index is 6.29. The Labute approximate surface area is 124 Å². The van der Waals surface area contributed by atoms with Crippen LogP contribution >= 0.6 is 0 Å². The van der Waals surface area contributed by atoms with Crippen LogP contribution < -0.4 is 0 Å². The van der Waals surface area contributed by atoms with Crippen molar-refractivity contribution < 1.29 is 4.43 Å². The van der Waals surface area contributed by atoms with E-state index in [9.17, 15) is 0 Å². The SMILES string of the molecule is CN(CCO[Si](C)(C)C(C)(C)C)[Si](C)(C)C(C)(C)C. The molecule has 0 aliphatic carbocycles. The molecule has 0 saturated carbocycles. The molecule has 0 heterocycles. The van der Waals surface area contributed by atoms with Gasteiger partial charge in [0, 0.05) is 13.2 Å². The summed E-state index contributed by atoms with van der Waals surface area (Å²) in [4.78, 5) is 0. The Morgan fingerprint density at radius 1 is 0.842 bits per heavy atom. The molecule has 0 aromatic heterocycles. The Balaban J connectivity index is 4.46. The topological polar surface area (TPSA) is 12.5 Å². The molecule has 116 valence electrons. The molecule has 0 rings (SSSR count). The van der Waals surface area contributed by atoms with Crippen LogP contribution in [0.15, 0.2) is 0 Å². The summed E-state index contributed by atoms with van der Waals surface area (Å²) in [6.45, 7) is 25.5. The van der Waals surface area contributed by atoms with Gasteiger partial charge >= 0.3 is 0 Å². The van der Waals surface area contributed by atoms with Crippen LogP contribution in [0.5, 0.6) is 0 Å². The first-order valence-electron chi connectivity index (χ1n) is 7.48. The average Bonchev–Trinajstić information content (AvgIpc) is 2.13. The highest BCUT2D eigenvalue weighted by atomic mass is 28.4. The highest BCUT2D eigenvalue weighted by molar-refractivity contribution is 6.77. The Hall–Kier alpha value is 0.354. The van der Waals surface area contributed by atoms with E-state index in [0.29, 0.717) is 10.1 Å². The van der Waals surface area contributed by atoms with Crippen LogP contribution in [0.3, 0.4) is 0 Å². The molecule has 0 N–H and O–H groups in total. The standard InChI is InChI=1S/C15H37NOSi2/c1-14(2,3)18(8,9)16(7)12-13-17-19(10,11)15(4,5)6/h12-13H2,1-11H3. The molecule has 0 bridgehead atoms. The van der Waals surface area contributed by atoms with Gasteiger partial charge < -0.3 is 8.99 Å². The number of likely N-dealkylation sites (N-methyl/N-ethyl adjacent to an activating group) is 1. The van der Waals surface area contributed by atoms with Gasteiger partial charge in [0.2, 0.25) is 0 Å². The third kappa shape index (κ3) is 4.99. The minimum absolute atomic E-state index is 0.308. The Kier molecular flexibility index (Phi) is 6.11. The van der Waals surface area contributed by atoms with Gasteiger partial charge in [0.15, 0.2) is 8.32 Å². The van der Waals surface area contributed by atoms with Crippen LogP contribution in [0.4, 0.5) is 0 Å². The molecule has 0 amide bonds. The van der Waals surface area contributed by atoms with Crippen LogP contribution in [-0.4, -0.2) is 41.3 Å². The summed E-state index contributed by atoms with van der Waals surface area (Å²) in [6.07, 6.45) is 0. The predicted octanol–water partition coefficient (Wildman–Crippen LogP) is 4.95. The normalized spacial score (nSPS) is 15.2. The van der Waals surface area contributed by atoms with Crippen molar-refractivity contribution in [1.29, 1.82) is 0 Å². The largest absolute Gasteiger partial charge is 0.416 e. The van der Waals surface area contributed by atoms with Crippen molar-refractivity contribution in [1.82, 2.24) is 4.57 Å². The fraction of sp³-hybridized carbons (Fsp3) is 1.00. The van der Waals surface area contributed by atoms with E-state index in [4.69, 9.17) is 4.43 Å². The van der Waals surface area contributed by atoms with Gasteiger partial charge in [-0.2, -0.15) is 0 Å². The summed E-state index contributed by atoms with van der Waals surface area (Å²) in [5.74, 6) is 0. The van der Waals surface area contributed by atoms with Crippen molar-refractivity contribution >= 4 is 16.6 Å². The summed E-state index contributed by atoms with van der Waals surface area (Å²) >= 11 is 0. The third-order valence-corrected chi connectivity index (χ3v) is 15.8. The van der Waals surface area contributed by atoms with Crippen LogP contribution in [0.2, 0.25) is 36.3 Å².